The van der Waals surface area contributed by atoms with Gasteiger partial charge in [-0.2, -0.15) is 22.8 Å². The molecule has 1 aromatic rings. The first-order valence-electron chi connectivity index (χ1n) is 7.27. The summed E-state index contributed by atoms with van der Waals surface area (Å²) in [6.07, 6.45) is -8.85. The molecule has 12 heteroatoms. The van der Waals surface area contributed by atoms with Gasteiger partial charge in [0.15, 0.2) is 0 Å². The van der Waals surface area contributed by atoms with Gasteiger partial charge < -0.3 is 5.32 Å². The second-order valence-electron chi connectivity index (χ2n) is 5.47. The molecule has 26 heavy (non-hydrogen) atoms. The molecule has 0 aromatic carbocycles. The van der Waals surface area contributed by atoms with Crippen LogP contribution in [0.2, 0.25) is 0 Å². The minimum absolute atomic E-state index is 0.142. The molecule has 0 aliphatic heterocycles. The van der Waals surface area contributed by atoms with E-state index in [4.69, 9.17) is 0 Å². The summed E-state index contributed by atoms with van der Waals surface area (Å²) in [4.78, 5) is 12.2. The fraction of sp³-hybridized carbons (Fsp3) is 0.571. The molecule has 1 aliphatic carbocycles. The molecule has 4 nitrogen and oxygen atoms in total. The number of nitrogens with zero attached hydrogens (tertiary/aromatic N) is 1. The van der Waals surface area contributed by atoms with Crippen LogP contribution in [0.1, 0.15) is 35.3 Å². The lowest BCUT2D eigenvalue weighted by molar-refractivity contribution is -0.457. The Balaban J connectivity index is 2.28. The maximum Gasteiger partial charge on any atom is 0.527 e. The van der Waals surface area contributed by atoms with Gasteiger partial charge in [0.2, 0.25) is 0 Å². The number of alkyl halides is 7. The molecule has 1 amide bonds. The molecule has 1 heterocycles. The summed E-state index contributed by atoms with van der Waals surface area (Å²) in [5.41, 5.74) is 0.392. The molecule has 1 N–H and O–H groups in total. The van der Waals surface area contributed by atoms with Crippen molar-refractivity contribution in [2.24, 2.45) is 0 Å². The summed E-state index contributed by atoms with van der Waals surface area (Å²) >= 11 is 0.772. The Kier molecular flexibility index (Phi) is 5.53. The van der Waals surface area contributed by atoms with Crippen LogP contribution in [0.15, 0.2) is 0 Å². The maximum atomic E-state index is 13.5. The van der Waals surface area contributed by atoms with Crippen LogP contribution in [0, 0.1) is 11.3 Å². The number of aryl methyl sites for hydroxylation is 1. The third-order valence-corrected chi connectivity index (χ3v) is 4.86. The van der Waals surface area contributed by atoms with Crippen LogP contribution in [0.4, 0.5) is 35.7 Å². The van der Waals surface area contributed by atoms with Gasteiger partial charge in [-0.1, -0.05) is 6.42 Å². The summed E-state index contributed by atoms with van der Waals surface area (Å²) < 4.78 is 91.0. The van der Waals surface area contributed by atoms with Crippen molar-refractivity contribution < 1.29 is 40.3 Å². The number of halogens is 7. The number of rotatable bonds is 4. The zero-order valence-corrected chi connectivity index (χ0v) is 13.7. The van der Waals surface area contributed by atoms with Crippen molar-refractivity contribution in [1.82, 2.24) is 0 Å². The zero-order valence-electron chi connectivity index (χ0n) is 12.9. The third-order valence-electron chi connectivity index (χ3n) is 3.65. The van der Waals surface area contributed by atoms with Crippen LogP contribution in [0.3, 0.4) is 0 Å². The molecule has 144 valence electrons. The lowest BCUT2D eigenvalue weighted by atomic mass is 10.1. The fourth-order valence-corrected chi connectivity index (χ4v) is 3.71. The standard InChI is InChI=1S/C14H11F7N2O2S/c15-12(16,13(17,18)25-14(19,20)21)11(24)23-10-8(6-22)7-4-2-1-3-5-9(7)26-10/h1-5H2,(H,23,24). The number of hydrogen-bond acceptors (Lipinski definition) is 4. The van der Waals surface area contributed by atoms with E-state index in [9.17, 15) is 40.8 Å². The SMILES string of the molecule is N#Cc1c(NC(=O)C(F)(F)C(F)(F)OC(F)(F)F)sc2c1CCCCC2. The first-order valence-corrected chi connectivity index (χ1v) is 8.09. The Bertz CT molecular complexity index is 737. The lowest BCUT2D eigenvalue weighted by Crippen LogP contribution is -2.53. The molecule has 0 unspecified atom stereocenters. The molecule has 0 bridgehead atoms. The van der Waals surface area contributed by atoms with Crippen LogP contribution >= 0.6 is 11.3 Å². The molecule has 0 fully saturated rings. The maximum absolute atomic E-state index is 13.5. The van der Waals surface area contributed by atoms with Crippen molar-refractivity contribution in [1.29, 1.82) is 5.26 Å². The summed E-state index contributed by atoms with van der Waals surface area (Å²) in [6, 6.07) is 1.72. The number of nitrogens with one attached hydrogen (secondary N) is 1. The minimum Gasteiger partial charge on any atom is -0.311 e. The van der Waals surface area contributed by atoms with Crippen LogP contribution in [0.5, 0.6) is 0 Å². The minimum atomic E-state index is -6.11. The topological polar surface area (TPSA) is 62.1 Å². The Morgan fingerprint density at radius 3 is 2.27 bits per heavy atom. The van der Waals surface area contributed by atoms with Crippen LogP contribution in [0.25, 0.3) is 0 Å². The molecule has 1 aromatic heterocycles. The summed E-state index contributed by atoms with van der Waals surface area (Å²) in [5.74, 6) is -8.50. The van der Waals surface area contributed by atoms with E-state index in [-0.39, 0.29) is 5.56 Å². The van der Waals surface area contributed by atoms with Crippen molar-refractivity contribution in [2.45, 2.75) is 50.5 Å². The van der Waals surface area contributed by atoms with Gasteiger partial charge in [-0.15, -0.1) is 24.5 Å². The van der Waals surface area contributed by atoms with Gasteiger partial charge in [-0.05, 0) is 31.2 Å². The number of fused-ring (bicyclic) bond motifs is 1. The average molecular weight is 404 g/mol. The predicted molar refractivity (Wildman–Crippen MR) is 76.0 cm³/mol. The number of anilines is 1. The van der Waals surface area contributed by atoms with Crippen molar-refractivity contribution in [3.05, 3.63) is 16.0 Å². The average Bonchev–Trinajstić information content (AvgIpc) is 2.65. The van der Waals surface area contributed by atoms with Gasteiger partial charge in [0, 0.05) is 4.88 Å². The molecule has 0 saturated heterocycles. The second-order valence-corrected chi connectivity index (χ2v) is 6.58. The highest BCUT2D eigenvalue weighted by molar-refractivity contribution is 7.16. The summed E-state index contributed by atoms with van der Waals surface area (Å²) in [7, 11) is 0. The van der Waals surface area contributed by atoms with E-state index in [2.05, 4.69) is 4.74 Å². The van der Waals surface area contributed by atoms with E-state index in [0.717, 1.165) is 30.6 Å². The Labute approximate surface area is 146 Å². The quantitative estimate of drug-likeness (QED) is 0.590. The Morgan fingerprint density at radius 1 is 1.08 bits per heavy atom. The van der Waals surface area contributed by atoms with Gasteiger partial charge in [0.05, 0.1) is 5.56 Å². The molecule has 0 radical (unpaired) electrons. The van der Waals surface area contributed by atoms with Crippen molar-refractivity contribution in [2.75, 3.05) is 5.32 Å². The van der Waals surface area contributed by atoms with E-state index >= 15 is 0 Å². The first kappa shape index (κ1) is 20.4. The monoisotopic (exact) mass is 404 g/mol. The number of nitriles is 1. The second kappa shape index (κ2) is 7.03. The van der Waals surface area contributed by atoms with Crippen molar-refractivity contribution >= 4 is 22.2 Å². The van der Waals surface area contributed by atoms with Gasteiger partial charge in [0.25, 0.3) is 0 Å². The molecular weight excluding hydrogens is 393 g/mol. The number of carbonyl (C=O) groups is 1. The Morgan fingerprint density at radius 2 is 1.69 bits per heavy atom. The van der Waals surface area contributed by atoms with E-state index in [0.29, 0.717) is 23.3 Å². The van der Waals surface area contributed by atoms with Gasteiger partial charge in [-0.25, -0.2) is 4.74 Å². The number of ether oxygens (including phenoxy) is 1. The van der Waals surface area contributed by atoms with E-state index < -0.39 is 29.3 Å². The van der Waals surface area contributed by atoms with Gasteiger partial charge in [-0.3, -0.25) is 4.79 Å². The van der Waals surface area contributed by atoms with Crippen molar-refractivity contribution in [3.8, 4) is 6.07 Å². The van der Waals surface area contributed by atoms with E-state index in [1.807, 2.05) is 0 Å². The molecule has 0 saturated carbocycles. The summed E-state index contributed by atoms with van der Waals surface area (Å²) in [5, 5.41) is 10.2. The highest BCUT2D eigenvalue weighted by Crippen LogP contribution is 2.42. The molecule has 0 spiro atoms. The molecule has 0 atom stereocenters. The van der Waals surface area contributed by atoms with Crippen molar-refractivity contribution in [3.63, 3.8) is 0 Å². The normalized spacial score (nSPS) is 15.8. The number of hydrogen-bond donors (Lipinski definition) is 1. The Hall–Kier alpha value is -1.87. The highest BCUT2D eigenvalue weighted by Gasteiger charge is 2.67. The zero-order chi connectivity index (χ0) is 19.8. The van der Waals surface area contributed by atoms with Gasteiger partial charge in [0.1, 0.15) is 11.1 Å². The fourth-order valence-electron chi connectivity index (χ4n) is 2.47. The molecule has 2 rings (SSSR count). The number of thiophene rings is 1. The van der Waals surface area contributed by atoms with E-state index in [1.165, 1.54) is 5.32 Å². The lowest BCUT2D eigenvalue weighted by Gasteiger charge is -2.25. The first-order chi connectivity index (χ1) is 11.9. The third kappa shape index (κ3) is 4.09. The highest BCUT2D eigenvalue weighted by atomic mass is 32.1. The summed E-state index contributed by atoms with van der Waals surface area (Å²) in [6.45, 7) is 0. The number of amides is 1. The van der Waals surface area contributed by atoms with E-state index in [1.54, 1.807) is 6.07 Å². The smallest absolute Gasteiger partial charge is 0.311 e. The molecular formula is C14H11F7N2O2S. The largest absolute Gasteiger partial charge is 0.527 e. The molecule has 1 aliphatic rings. The predicted octanol–water partition coefficient (Wildman–Crippen LogP) is 4.59. The van der Waals surface area contributed by atoms with Gasteiger partial charge >= 0.3 is 24.3 Å². The number of carbonyl (C=O) groups excluding carboxylic acids is 1. The van der Waals surface area contributed by atoms with Crippen LogP contribution in [-0.4, -0.2) is 24.3 Å². The van der Waals surface area contributed by atoms with Crippen LogP contribution in [-0.2, 0) is 22.4 Å². The van der Waals surface area contributed by atoms with Crippen LogP contribution < -0.4 is 5.32 Å².